The Hall–Kier alpha value is -2.45. The molecule has 1 amide bonds. The molecule has 8 nitrogen and oxygen atoms in total. The number of rotatable bonds is 5. The maximum absolute atomic E-state index is 12.9. The molecule has 0 radical (unpaired) electrons. The lowest BCUT2D eigenvalue weighted by molar-refractivity contribution is -0.135. The van der Waals surface area contributed by atoms with E-state index in [0.717, 1.165) is 44.6 Å². The highest BCUT2D eigenvalue weighted by Gasteiger charge is 2.21. The molecule has 1 aromatic carbocycles. The maximum atomic E-state index is 12.9. The van der Waals surface area contributed by atoms with Gasteiger partial charge in [-0.2, -0.15) is 0 Å². The van der Waals surface area contributed by atoms with E-state index in [2.05, 4.69) is 9.88 Å². The average molecular weight is 400 g/mol. The van der Waals surface area contributed by atoms with Gasteiger partial charge in [-0.25, -0.2) is 4.98 Å². The zero-order valence-corrected chi connectivity index (χ0v) is 16.7. The fourth-order valence-electron chi connectivity index (χ4n) is 4.09. The summed E-state index contributed by atoms with van der Waals surface area (Å²) in [5, 5.41) is 9.55. The Labute approximate surface area is 169 Å². The van der Waals surface area contributed by atoms with Gasteiger partial charge in [-0.3, -0.25) is 19.1 Å². The zero-order chi connectivity index (χ0) is 20.2. The Bertz CT molecular complexity index is 934. The molecule has 1 fully saturated rings. The second kappa shape index (κ2) is 8.92. The van der Waals surface area contributed by atoms with Gasteiger partial charge in [0.05, 0.1) is 17.5 Å². The number of amides is 1. The van der Waals surface area contributed by atoms with E-state index < -0.39 is 0 Å². The second-order valence-corrected chi connectivity index (χ2v) is 7.71. The van der Waals surface area contributed by atoms with Crippen molar-refractivity contribution in [1.29, 1.82) is 0 Å². The lowest BCUT2D eigenvalue weighted by atomic mass is 10.2. The molecule has 0 spiro atoms. The van der Waals surface area contributed by atoms with Crippen LogP contribution in [0.25, 0.3) is 10.9 Å². The summed E-state index contributed by atoms with van der Waals surface area (Å²) in [4.78, 5) is 34.0. The SMILES string of the molecule is O=C(COc1ccc2nc3n(c(=O)c2c1)CCCCC3)N1CCN(CCO)CC1. The molecular weight excluding hydrogens is 372 g/mol. The highest BCUT2D eigenvalue weighted by Crippen LogP contribution is 2.20. The minimum atomic E-state index is -0.0643. The molecule has 2 aliphatic rings. The summed E-state index contributed by atoms with van der Waals surface area (Å²) in [5.41, 5.74) is 0.658. The quantitative estimate of drug-likeness (QED) is 0.793. The van der Waals surface area contributed by atoms with Crippen LogP contribution in [0.5, 0.6) is 5.75 Å². The van der Waals surface area contributed by atoms with E-state index in [1.807, 2.05) is 0 Å². The number of nitrogens with zero attached hydrogens (tertiary/aromatic N) is 4. The molecule has 0 aliphatic carbocycles. The number of aryl methyl sites for hydroxylation is 1. The molecule has 1 saturated heterocycles. The van der Waals surface area contributed by atoms with Gasteiger partial charge in [0.1, 0.15) is 11.6 Å². The lowest BCUT2D eigenvalue weighted by Crippen LogP contribution is -2.50. The van der Waals surface area contributed by atoms with E-state index in [0.29, 0.717) is 42.8 Å². The van der Waals surface area contributed by atoms with Gasteiger partial charge >= 0.3 is 0 Å². The van der Waals surface area contributed by atoms with Crippen molar-refractivity contribution in [3.63, 3.8) is 0 Å². The summed E-state index contributed by atoms with van der Waals surface area (Å²) >= 11 is 0. The molecular formula is C21H28N4O4. The Kier molecular flexibility index (Phi) is 6.10. The van der Waals surface area contributed by atoms with Gasteiger partial charge in [-0.15, -0.1) is 0 Å². The molecule has 0 bridgehead atoms. The van der Waals surface area contributed by atoms with Gasteiger partial charge in [0.15, 0.2) is 6.61 Å². The van der Waals surface area contributed by atoms with E-state index in [4.69, 9.17) is 9.84 Å². The average Bonchev–Trinajstić information content (AvgIpc) is 2.99. The van der Waals surface area contributed by atoms with Crippen molar-refractivity contribution in [2.45, 2.75) is 32.2 Å². The third kappa shape index (κ3) is 4.43. The number of hydrogen-bond donors (Lipinski definition) is 1. The first-order valence-electron chi connectivity index (χ1n) is 10.4. The normalized spacial score (nSPS) is 17.8. The first kappa shape index (κ1) is 19.8. The van der Waals surface area contributed by atoms with Gasteiger partial charge in [0, 0.05) is 45.7 Å². The first-order valence-corrected chi connectivity index (χ1v) is 10.4. The van der Waals surface area contributed by atoms with Crippen LogP contribution < -0.4 is 10.3 Å². The van der Waals surface area contributed by atoms with Crippen LogP contribution in [-0.2, 0) is 17.8 Å². The third-order valence-electron chi connectivity index (χ3n) is 5.79. The number of benzene rings is 1. The number of hydrogen-bond acceptors (Lipinski definition) is 6. The molecule has 0 unspecified atom stereocenters. The van der Waals surface area contributed by atoms with Crippen molar-refractivity contribution >= 4 is 16.8 Å². The second-order valence-electron chi connectivity index (χ2n) is 7.71. The molecule has 1 N–H and O–H groups in total. The topological polar surface area (TPSA) is 87.9 Å². The predicted octanol–water partition coefficient (Wildman–Crippen LogP) is 0.638. The van der Waals surface area contributed by atoms with Crippen molar-refractivity contribution in [3.05, 3.63) is 34.4 Å². The summed E-state index contributed by atoms with van der Waals surface area (Å²) in [6.45, 7) is 4.23. The minimum absolute atomic E-state index is 0.0244. The van der Waals surface area contributed by atoms with Gasteiger partial charge in [0.2, 0.25) is 0 Å². The molecule has 3 heterocycles. The molecule has 2 aliphatic heterocycles. The van der Waals surface area contributed by atoms with Crippen LogP contribution in [0.4, 0.5) is 0 Å². The molecule has 0 saturated carbocycles. The monoisotopic (exact) mass is 400 g/mol. The Morgan fingerprint density at radius 3 is 2.72 bits per heavy atom. The number of β-amino-alcohol motifs (C(OH)–C–C–N with tert-alkyl or cyclic N) is 1. The van der Waals surface area contributed by atoms with E-state index >= 15 is 0 Å². The van der Waals surface area contributed by atoms with Crippen molar-refractivity contribution in [1.82, 2.24) is 19.4 Å². The van der Waals surface area contributed by atoms with E-state index in [9.17, 15) is 9.59 Å². The molecule has 2 aromatic rings. The standard InChI is InChI=1S/C21H28N4O4/c26-13-12-23-8-10-24(11-9-23)20(27)15-29-16-5-6-18-17(14-16)21(28)25-7-3-1-2-4-19(25)22-18/h5-6,14,26H,1-4,7-13,15H2. The summed E-state index contributed by atoms with van der Waals surface area (Å²) in [6, 6.07) is 5.28. The highest BCUT2D eigenvalue weighted by atomic mass is 16.5. The van der Waals surface area contributed by atoms with Crippen molar-refractivity contribution in [2.75, 3.05) is 45.9 Å². The molecule has 156 valence electrons. The van der Waals surface area contributed by atoms with Crippen LogP contribution in [0, 0.1) is 0 Å². The van der Waals surface area contributed by atoms with Crippen molar-refractivity contribution in [3.8, 4) is 5.75 Å². The number of aromatic nitrogens is 2. The fraction of sp³-hybridized carbons (Fsp3) is 0.571. The summed E-state index contributed by atoms with van der Waals surface area (Å²) in [5.74, 6) is 1.31. The third-order valence-corrected chi connectivity index (χ3v) is 5.79. The van der Waals surface area contributed by atoms with Gasteiger partial charge < -0.3 is 14.7 Å². The predicted molar refractivity (Wildman–Crippen MR) is 109 cm³/mol. The number of fused-ring (bicyclic) bond motifs is 2. The number of carbonyl (C=O) groups excluding carboxylic acids is 1. The molecule has 29 heavy (non-hydrogen) atoms. The molecule has 4 rings (SSSR count). The van der Waals surface area contributed by atoms with Crippen LogP contribution in [-0.4, -0.2) is 76.3 Å². The molecule has 0 atom stereocenters. The number of ether oxygens (including phenoxy) is 1. The number of aliphatic hydroxyl groups is 1. The van der Waals surface area contributed by atoms with E-state index in [-0.39, 0.29) is 24.7 Å². The first-order chi connectivity index (χ1) is 14.2. The number of carbonyl (C=O) groups is 1. The summed E-state index contributed by atoms with van der Waals surface area (Å²) in [6.07, 6.45) is 4.01. The van der Waals surface area contributed by atoms with Crippen molar-refractivity contribution in [2.24, 2.45) is 0 Å². The molecule has 8 heteroatoms. The zero-order valence-electron chi connectivity index (χ0n) is 16.7. The van der Waals surface area contributed by atoms with Gasteiger partial charge in [-0.05, 0) is 31.0 Å². The van der Waals surface area contributed by atoms with Crippen LogP contribution >= 0.6 is 0 Å². The highest BCUT2D eigenvalue weighted by molar-refractivity contribution is 5.80. The van der Waals surface area contributed by atoms with Crippen LogP contribution in [0.3, 0.4) is 0 Å². The molecule has 1 aromatic heterocycles. The fourth-order valence-corrected chi connectivity index (χ4v) is 4.09. The smallest absolute Gasteiger partial charge is 0.261 e. The largest absolute Gasteiger partial charge is 0.484 e. The Morgan fingerprint density at radius 1 is 1.10 bits per heavy atom. The lowest BCUT2D eigenvalue weighted by Gasteiger charge is -2.34. The maximum Gasteiger partial charge on any atom is 0.261 e. The van der Waals surface area contributed by atoms with Crippen LogP contribution in [0.1, 0.15) is 25.1 Å². The van der Waals surface area contributed by atoms with Gasteiger partial charge in [0.25, 0.3) is 11.5 Å². The minimum Gasteiger partial charge on any atom is -0.484 e. The van der Waals surface area contributed by atoms with Crippen LogP contribution in [0.15, 0.2) is 23.0 Å². The Morgan fingerprint density at radius 2 is 1.93 bits per heavy atom. The van der Waals surface area contributed by atoms with E-state index in [1.54, 1.807) is 27.7 Å². The van der Waals surface area contributed by atoms with Gasteiger partial charge in [-0.1, -0.05) is 6.42 Å². The number of piperazine rings is 1. The van der Waals surface area contributed by atoms with E-state index in [1.165, 1.54) is 0 Å². The van der Waals surface area contributed by atoms with Crippen molar-refractivity contribution < 1.29 is 14.6 Å². The summed E-state index contributed by atoms with van der Waals surface area (Å²) in [7, 11) is 0. The number of aliphatic hydroxyl groups excluding tert-OH is 1. The van der Waals surface area contributed by atoms with Crippen LogP contribution in [0.2, 0.25) is 0 Å². The Balaban J connectivity index is 1.43. The summed E-state index contributed by atoms with van der Waals surface area (Å²) < 4.78 is 7.49.